The Labute approximate surface area is 177 Å². The van der Waals surface area contributed by atoms with E-state index in [1.165, 1.54) is 11.1 Å². The van der Waals surface area contributed by atoms with Gasteiger partial charge in [-0.2, -0.15) is 0 Å². The molecule has 0 spiro atoms. The second-order valence-corrected chi connectivity index (χ2v) is 8.68. The van der Waals surface area contributed by atoms with E-state index < -0.39 is 0 Å². The third-order valence-corrected chi connectivity index (χ3v) is 5.30. The van der Waals surface area contributed by atoms with Gasteiger partial charge in [-0.15, -0.1) is 0 Å². The van der Waals surface area contributed by atoms with Crippen molar-refractivity contribution in [1.29, 1.82) is 0 Å². The first-order chi connectivity index (χ1) is 14.3. The molecule has 4 aromatic rings. The van der Waals surface area contributed by atoms with Crippen molar-refractivity contribution in [1.82, 2.24) is 4.98 Å². The minimum Gasteiger partial charge on any atom is -0.488 e. The van der Waals surface area contributed by atoms with E-state index in [1.54, 1.807) is 18.5 Å². The SMILES string of the molecule is Cc1cc(C(C)(C)C)ccc1-c1cc(OCc2ccccc2)c2c[n+](O)ccc2n1. The molecule has 0 aliphatic rings. The first-order valence-electron chi connectivity index (χ1n) is 10.1. The van der Waals surface area contributed by atoms with E-state index >= 15 is 0 Å². The standard InChI is InChI=1S/C26H27N2O2/c1-18-14-20(26(2,3)4)10-11-21(18)24-15-25(30-17-19-8-6-5-7-9-19)22-16-28(29)13-12-23(22)27-24/h5-16,29H,17H2,1-4H3/q+1. The molecule has 0 saturated carbocycles. The minimum absolute atomic E-state index is 0.0960. The lowest BCUT2D eigenvalue weighted by molar-refractivity contribution is -0.904. The van der Waals surface area contributed by atoms with Crippen LogP contribution in [-0.4, -0.2) is 10.2 Å². The molecule has 0 radical (unpaired) electrons. The molecule has 2 heterocycles. The second-order valence-electron chi connectivity index (χ2n) is 8.68. The number of rotatable bonds is 4. The van der Waals surface area contributed by atoms with Gasteiger partial charge >= 0.3 is 0 Å². The maximum absolute atomic E-state index is 9.91. The molecule has 4 heteroatoms. The van der Waals surface area contributed by atoms with E-state index in [1.807, 2.05) is 36.4 Å². The zero-order chi connectivity index (χ0) is 21.3. The summed E-state index contributed by atoms with van der Waals surface area (Å²) in [6, 6.07) is 20.4. The molecule has 0 bridgehead atoms. The lowest BCUT2D eigenvalue weighted by Gasteiger charge is -2.20. The highest BCUT2D eigenvalue weighted by molar-refractivity contribution is 5.87. The number of aryl methyl sites for hydroxylation is 1. The fourth-order valence-electron chi connectivity index (χ4n) is 3.54. The molecule has 4 rings (SSSR count). The van der Waals surface area contributed by atoms with Crippen LogP contribution >= 0.6 is 0 Å². The fourth-order valence-corrected chi connectivity index (χ4v) is 3.54. The maximum Gasteiger partial charge on any atom is 0.235 e. The van der Waals surface area contributed by atoms with Crippen LogP contribution in [0.25, 0.3) is 22.2 Å². The van der Waals surface area contributed by atoms with Gasteiger partial charge in [-0.3, -0.25) is 5.21 Å². The van der Waals surface area contributed by atoms with E-state index in [2.05, 4.69) is 45.9 Å². The summed E-state index contributed by atoms with van der Waals surface area (Å²) < 4.78 is 7.21. The van der Waals surface area contributed by atoms with Crippen molar-refractivity contribution in [3.05, 3.63) is 89.7 Å². The molecule has 0 fully saturated rings. The van der Waals surface area contributed by atoms with Crippen molar-refractivity contribution >= 4 is 10.9 Å². The highest BCUT2D eigenvalue weighted by Gasteiger charge is 2.17. The Hall–Kier alpha value is -3.40. The maximum atomic E-state index is 9.91. The van der Waals surface area contributed by atoms with Gasteiger partial charge in [-0.05, 0) is 29.0 Å². The molecule has 0 aliphatic heterocycles. The monoisotopic (exact) mass is 399 g/mol. The number of pyridine rings is 2. The molecule has 0 amide bonds. The number of fused-ring (bicyclic) bond motifs is 1. The van der Waals surface area contributed by atoms with Gasteiger partial charge in [-0.1, -0.05) is 69.3 Å². The van der Waals surface area contributed by atoms with Crippen LogP contribution in [0.3, 0.4) is 0 Å². The van der Waals surface area contributed by atoms with Crippen molar-refractivity contribution in [2.75, 3.05) is 0 Å². The summed E-state index contributed by atoms with van der Waals surface area (Å²) in [6.07, 6.45) is 3.21. The van der Waals surface area contributed by atoms with Crippen LogP contribution in [0.4, 0.5) is 0 Å². The summed E-state index contributed by atoms with van der Waals surface area (Å²) in [6.45, 7) is 9.22. The highest BCUT2D eigenvalue weighted by atomic mass is 16.5. The van der Waals surface area contributed by atoms with Crippen LogP contribution in [-0.2, 0) is 12.0 Å². The van der Waals surface area contributed by atoms with Crippen molar-refractivity contribution in [3.8, 4) is 17.0 Å². The van der Waals surface area contributed by atoms with E-state index in [4.69, 9.17) is 9.72 Å². The molecule has 0 saturated heterocycles. The fraction of sp³-hybridized carbons (Fsp3) is 0.231. The van der Waals surface area contributed by atoms with E-state index in [0.717, 1.165) is 32.5 Å². The van der Waals surface area contributed by atoms with Gasteiger partial charge in [0.2, 0.25) is 12.4 Å². The van der Waals surface area contributed by atoms with Gasteiger partial charge in [0, 0.05) is 22.4 Å². The average molecular weight is 400 g/mol. The topological polar surface area (TPSA) is 46.2 Å². The predicted molar refractivity (Wildman–Crippen MR) is 119 cm³/mol. The molecular weight excluding hydrogens is 372 g/mol. The first kappa shape index (κ1) is 19.9. The predicted octanol–water partition coefficient (Wildman–Crippen LogP) is 5.61. The van der Waals surface area contributed by atoms with E-state index in [-0.39, 0.29) is 5.41 Å². The normalized spacial score (nSPS) is 11.6. The lowest BCUT2D eigenvalue weighted by Crippen LogP contribution is -2.28. The summed E-state index contributed by atoms with van der Waals surface area (Å²) in [5.74, 6) is 0.696. The number of benzene rings is 2. The molecule has 0 unspecified atom stereocenters. The minimum atomic E-state index is 0.0960. The Bertz CT molecular complexity index is 1200. The third-order valence-electron chi connectivity index (χ3n) is 5.30. The summed E-state index contributed by atoms with van der Waals surface area (Å²) >= 11 is 0. The van der Waals surface area contributed by atoms with Crippen molar-refractivity contribution in [2.45, 2.75) is 39.7 Å². The third kappa shape index (κ3) is 4.13. The highest BCUT2D eigenvalue weighted by Crippen LogP contribution is 2.33. The molecule has 152 valence electrons. The average Bonchev–Trinajstić information content (AvgIpc) is 2.72. The first-order valence-corrected chi connectivity index (χ1v) is 10.1. The van der Waals surface area contributed by atoms with Crippen LogP contribution in [0.2, 0.25) is 0 Å². The lowest BCUT2D eigenvalue weighted by atomic mass is 9.85. The molecule has 0 aliphatic carbocycles. The van der Waals surface area contributed by atoms with Gasteiger partial charge < -0.3 is 4.74 Å². The second kappa shape index (κ2) is 7.79. The molecule has 2 aromatic carbocycles. The van der Waals surface area contributed by atoms with Gasteiger partial charge in [0.25, 0.3) is 0 Å². The van der Waals surface area contributed by atoms with Gasteiger partial charge in [0.1, 0.15) is 17.7 Å². The van der Waals surface area contributed by atoms with Crippen molar-refractivity contribution in [2.24, 2.45) is 0 Å². The number of hydrogen-bond donors (Lipinski definition) is 1. The quantitative estimate of drug-likeness (QED) is 0.358. The van der Waals surface area contributed by atoms with Crippen LogP contribution < -0.4 is 9.47 Å². The Morgan fingerprint density at radius 2 is 1.77 bits per heavy atom. The van der Waals surface area contributed by atoms with E-state index in [9.17, 15) is 5.21 Å². The molecule has 1 N–H and O–H groups in total. The Balaban J connectivity index is 1.78. The van der Waals surface area contributed by atoms with Gasteiger partial charge in [0.15, 0.2) is 0 Å². The Morgan fingerprint density at radius 3 is 2.47 bits per heavy atom. The number of nitrogens with zero attached hydrogens (tertiary/aromatic N) is 2. The molecule has 30 heavy (non-hydrogen) atoms. The zero-order valence-electron chi connectivity index (χ0n) is 17.9. The van der Waals surface area contributed by atoms with Crippen molar-refractivity contribution in [3.63, 3.8) is 0 Å². The largest absolute Gasteiger partial charge is 0.488 e. The van der Waals surface area contributed by atoms with Gasteiger partial charge in [-0.25, -0.2) is 4.98 Å². The number of ether oxygens (including phenoxy) is 1. The molecule has 0 atom stereocenters. The van der Waals surface area contributed by atoms with E-state index in [0.29, 0.717) is 12.4 Å². The number of aromatic nitrogens is 2. The number of hydrogen-bond acceptors (Lipinski definition) is 3. The Kier molecular flexibility index (Phi) is 5.17. The van der Waals surface area contributed by atoms with Crippen LogP contribution in [0, 0.1) is 6.92 Å². The molecular formula is C26H27N2O2+. The Morgan fingerprint density at radius 1 is 1.00 bits per heavy atom. The smallest absolute Gasteiger partial charge is 0.235 e. The summed E-state index contributed by atoms with van der Waals surface area (Å²) in [5, 5.41) is 10.7. The summed E-state index contributed by atoms with van der Waals surface area (Å²) in [4.78, 5) is 4.85. The van der Waals surface area contributed by atoms with Crippen LogP contribution in [0.15, 0.2) is 73.1 Å². The zero-order valence-corrected chi connectivity index (χ0v) is 17.9. The summed E-state index contributed by atoms with van der Waals surface area (Å²) in [7, 11) is 0. The molecule has 2 aromatic heterocycles. The molecule has 4 nitrogen and oxygen atoms in total. The summed E-state index contributed by atoms with van der Waals surface area (Å²) in [5.41, 5.74) is 6.37. The van der Waals surface area contributed by atoms with Gasteiger partial charge in [0.05, 0.1) is 11.2 Å². The van der Waals surface area contributed by atoms with Crippen LogP contribution in [0.1, 0.15) is 37.5 Å². The van der Waals surface area contributed by atoms with Crippen molar-refractivity contribution < 1.29 is 14.7 Å². The van der Waals surface area contributed by atoms with Crippen LogP contribution in [0.5, 0.6) is 5.75 Å².